The summed E-state index contributed by atoms with van der Waals surface area (Å²) in [6.45, 7) is 1.27. The van der Waals surface area contributed by atoms with Crippen LogP contribution in [0, 0.1) is 10.1 Å². The van der Waals surface area contributed by atoms with Gasteiger partial charge in [-0.3, -0.25) is 10.1 Å². The van der Waals surface area contributed by atoms with Crippen molar-refractivity contribution in [3.63, 3.8) is 0 Å². The van der Waals surface area contributed by atoms with Gasteiger partial charge in [-0.15, -0.1) is 0 Å². The summed E-state index contributed by atoms with van der Waals surface area (Å²) in [5, 5.41) is 20.8. The third kappa shape index (κ3) is 4.44. The van der Waals surface area contributed by atoms with Crippen LogP contribution in [0.5, 0.6) is 0 Å². The van der Waals surface area contributed by atoms with E-state index in [0.717, 1.165) is 12.1 Å². The average Bonchev–Trinajstić information content (AvgIpc) is 2.37. The van der Waals surface area contributed by atoms with Crippen molar-refractivity contribution < 1.29 is 18.4 Å². The van der Waals surface area contributed by atoms with Crippen molar-refractivity contribution in [2.75, 3.05) is 18.6 Å². The van der Waals surface area contributed by atoms with Crippen LogP contribution < -0.4 is 4.72 Å². The van der Waals surface area contributed by atoms with Crippen LogP contribution in [0.1, 0.15) is 6.92 Å². The zero-order valence-corrected chi connectivity index (χ0v) is 12.7. The predicted octanol–water partition coefficient (Wildman–Crippen LogP) is 0.987. The number of aliphatic hydroxyl groups is 1. The summed E-state index contributed by atoms with van der Waals surface area (Å²) in [4.78, 5) is 9.67. The first-order chi connectivity index (χ1) is 9.19. The number of nitrogens with one attached hydrogen (secondary N) is 1. The molecule has 0 fully saturated rings. The summed E-state index contributed by atoms with van der Waals surface area (Å²) in [7, 11) is -4.05. The van der Waals surface area contributed by atoms with E-state index in [2.05, 4.69) is 4.72 Å². The second-order valence-electron chi connectivity index (χ2n) is 4.48. The zero-order valence-electron chi connectivity index (χ0n) is 11.1. The van der Waals surface area contributed by atoms with Crippen LogP contribution in [0.3, 0.4) is 0 Å². The summed E-state index contributed by atoms with van der Waals surface area (Å²) < 4.78 is 26.3. The van der Waals surface area contributed by atoms with Gasteiger partial charge in [0.2, 0.25) is 10.0 Å². The monoisotopic (exact) mass is 320 g/mol. The topological polar surface area (TPSA) is 110 Å². The number of rotatable bonds is 7. The lowest BCUT2D eigenvalue weighted by molar-refractivity contribution is -0.387. The number of hydrogen-bond donors (Lipinski definition) is 2. The highest BCUT2D eigenvalue weighted by Gasteiger charge is 2.28. The maximum absolute atomic E-state index is 12.1. The third-order valence-electron chi connectivity index (χ3n) is 2.45. The Morgan fingerprint density at radius 2 is 2.05 bits per heavy atom. The maximum Gasteiger partial charge on any atom is 0.289 e. The van der Waals surface area contributed by atoms with Gasteiger partial charge in [-0.2, -0.15) is 11.8 Å². The highest BCUT2D eigenvalue weighted by Crippen LogP contribution is 2.23. The summed E-state index contributed by atoms with van der Waals surface area (Å²) in [6, 6.07) is 5.07. The van der Waals surface area contributed by atoms with Gasteiger partial charge in [0.25, 0.3) is 5.69 Å². The molecular weight excluding hydrogens is 304 g/mol. The van der Waals surface area contributed by atoms with Gasteiger partial charge in [-0.05, 0) is 19.2 Å². The minimum atomic E-state index is -4.05. The van der Waals surface area contributed by atoms with Gasteiger partial charge in [0.05, 0.1) is 10.5 Å². The van der Waals surface area contributed by atoms with E-state index in [4.69, 9.17) is 0 Å². The summed E-state index contributed by atoms with van der Waals surface area (Å²) >= 11 is 1.37. The van der Waals surface area contributed by atoms with Gasteiger partial charge in [0, 0.05) is 18.4 Å². The van der Waals surface area contributed by atoms with E-state index in [0.29, 0.717) is 5.75 Å². The lowest BCUT2D eigenvalue weighted by atomic mass is 10.1. The first-order valence-corrected chi connectivity index (χ1v) is 8.52. The molecule has 7 nitrogen and oxygen atoms in total. The Balaban J connectivity index is 2.98. The van der Waals surface area contributed by atoms with Gasteiger partial charge in [0.1, 0.15) is 0 Å². The number of hydrogen-bond acceptors (Lipinski definition) is 6. The van der Waals surface area contributed by atoms with Crippen LogP contribution in [-0.2, 0) is 10.0 Å². The zero-order chi connectivity index (χ0) is 15.4. The quantitative estimate of drug-likeness (QED) is 0.572. The van der Waals surface area contributed by atoms with Crippen LogP contribution in [-0.4, -0.2) is 42.6 Å². The van der Waals surface area contributed by atoms with Gasteiger partial charge in [-0.25, -0.2) is 13.1 Å². The second-order valence-corrected chi connectivity index (χ2v) is 7.08. The van der Waals surface area contributed by atoms with Crippen LogP contribution in [0.4, 0.5) is 5.69 Å². The number of nitro groups is 1. The molecule has 1 aromatic carbocycles. The molecule has 0 aliphatic rings. The fourth-order valence-electron chi connectivity index (χ4n) is 1.53. The molecule has 0 aromatic heterocycles. The van der Waals surface area contributed by atoms with E-state index in [1.165, 1.54) is 30.8 Å². The molecule has 1 rings (SSSR count). The first-order valence-electron chi connectivity index (χ1n) is 5.64. The molecule has 0 spiro atoms. The van der Waals surface area contributed by atoms with Crippen molar-refractivity contribution >= 4 is 27.5 Å². The predicted molar refractivity (Wildman–Crippen MR) is 77.3 cm³/mol. The van der Waals surface area contributed by atoms with Crippen molar-refractivity contribution in [2.45, 2.75) is 17.4 Å². The largest absolute Gasteiger partial charge is 0.388 e. The van der Waals surface area contributed by atoms with Gasteiger partial charge < -0.3 is 5.11 Å². The van der Waals surface area contributed by atoms with Crippen molar-refractivity contribution in [3.05, 3.63) is 34.4 Å². The third-order valence-corrected chi connectivity index (χ3v) is 4.81. The molecule has 112 valence electrons. The van der Waals surface area contributed by atoms with Crippen LogP contribution in [0.15, 0.2) is 29.2 Å². The molecule has 9 heteroatoms. The second kappa shape index (κ2) is 6.53. The Morgan fingerprint density at radius 3 is 2.60 bits per heavy atom. The van der Waals surface area contributed by atoms with E-state index in [9.17, 15) is 23.6 Å². The molecule has 2 N–H and O–H groups in total. The smallest absolute Gasteiger partial charge is 0.289 e. The number of para-hydroxylation sites is 1. The Bertz CT molecular complexity index is 586. The average molecular weight is 320 g/mol. The van der Waals surface area contributed by atoms with Crippen molar-refractivity contribution in [2.24, 2.45) is 0 Å². The Hall–Kier alpha value is -1.16. The molecule has 0 aliphatic carbocycles. The van der Waals surface area contributed by atoms with Crippen molar-refractivity contribution in [1.29, 1.82) is 0 Å². The van der Waals surface area contributed by atoms with E-state index < -0.39 is 31.1 Å². The first kappa shape index (κ1) is 16.9. The Labute approximate surface area is 121 Å². The van der Waals surface area contributed by atoms with Gasteiger partial charge in [0.15, 0.2) is 4.90 Å². The molecule has 0 bridgehead atoms. The molecular formula is C11H16N2O5S2. The summed E-state index contributed by atoms with van der Waals surface area (Å²) in [5.41, 5.74) is -1.72. The molecule has 0 saturated carbocycles. The van der Waals surface area contributed by atoms with Gasteiger partial charge in [-0.1, -0.05) is 12.1 Å². The molecule has 0 saturated heterocycles. The summed E-state index contributed by atoms with van der Waals surface area (Å²) in [5.74, 6) is 0.340. The standard InChI is InChI=1S/C11H16N2O5S2/c1-11(14,8-19-2)7-12-20(17,18)10-6-4-3-5-9(10)13(15)16/h3-6,12,14H,7-8H2,1-2H3/t11-/m0/s1. The normalized spacial score (nSPS) is 14.8. The minimum absolute atomic E-state index is 0.220. The number of sulfonamides is 1. The van der Waals surface area contributed by atoms with E-state index in [1.54, 1.807) is 6.26 Å². The SMILES string of the molecule is CSC[C@@](C)(O)CNS(=O)(=O)c1ccccc1[N+](=O)[O-]. The number of thioether (sulfide) groups is 1. The fraction of sp³-hybridized carbons (Fsp3) is 0.455. The molecule has 0 radical (unpaired) electrons. The van der Waals surface area contributed by atoms with Gasteiger partial charge >= 0.3 is 0 Å². The highest BCUT2D eigenvalue weighted by molar-refractivity contribution is 7.98. The lowest BCUT2D eigenvalue weighted by Crippen LogP contribution is -2.42. The molecule has 20 heavy (non-hydrogen) atoms. The number of nitro benzene ring substituents is 1. The molecule has 0 amide bonds. The van der Waals surface area contributed by atoms with Crippen LogP contribution in [0.25, 0.3) is 0 Å². The fourth-order valence-corrected chi connectivity index (χ4v) is 3.58. The van der Waals surface area contributed by atoms with E-state index in [-0.39, 0.29) is 6.54 Å². The lowest BCUT2D eigenvalue weighted by Gasteiger charge is -2.22. The molecule has 1 atom stereocenters. The van der Waals surface area contributed by atoms with Crippen LogP contribution >= 0.6 is 11.8 Å². The van der Waals surface area contributed by atoms with E-state index >= 15 is 0 Å². The van der Waals surface area contributed by atoms with E-state index in [1.807, 2.05) is 0 Å². The highest BCUT2D eigenvalue weighted by atomic mass is 32.2. The van der Waals surface area contributed by atoms with Crippen molar-refractivity contribution in [1.82, 2.24) is 4.72 Å². The summed E-state index contributed by atoms with van der Waals surface area (Å²) in [6.07, 6.45) is 1.78. The Morgan fingerprint density at radius 1 is 1.45 bits per heavy atom. The number of benzene rings is 1. The van der Waals surface area contributed by atoms with Crippen molar-refractivity contribution in [3.8, 4) is 0 Å². The molecule has 1 aromatic rings. The molecule has 0 aliphatic heterocycles. The minimum Gasteiger partial charge on any atom is -0.388 e. The number of nitrogens with zero attached hydrogens (tertiary/aromatic N) is 1. The molecule has 0 unspecified atom stereocenters. The maximum atomic E-state index is 12.1. The molecule has 0 heterocycles. The van der Waals surface area contributed by atoms with Crippen LogP contribution in [0.2, 0.25) is 0 Å². The Kier molecular flexibility index (Phi) is 5.51.